The fourth-order valence-electron chi connectivity index (χ4n) is 2.63. The first-order chi connectivity index (χ1) is 13.2. The van der Waals surface area contributed by atoms with Crippen LogP contribution in [0.15, 0.2) is 42.5 Å². The van der Waals surface area contributed by atoms with Gasteiger partial charge < -0.3 is 24.6 Å². The van der Waals surface area contributed by atoms with Gasteiger partial charge in [0.2, 0.25) is 0 Å². The van der Waals surface area contributed by atoms with Crippen molar-refractivity contribution in [3.8, 4) is 17.2 Å². The maximum atomic E-state index is 10.1. The predicted molar refractivity (Wildman–Crippen MR) is 109 cm³/mol. The lowest BCUT2D eigenvalue weighted by atomic mass is 10.3. The van der Waals surface area contributed by atoms with Crippen LogP contribution in [0.25, 0.3) is 11.0 Å². The molecule has 2 unspecified atom stereocenters. The zero-order valence-corrected chi connectivity index (χ0v) is 16.6. The molecule has 2 aromatic carbocycles. The smallest absolute Gasteiger partial charge is 0.161 e. The number of nitrogens with zero attached hydrogens (tertiary/aromatic N) is 2. The summed E-state index contributed by atoms with van der Waals surface area (Å²) in [6.07, 6.45) is -0.746. The summed E-state index contributed by atoms with van der Waals surface area (Å²) in [6, 6.07) is 13.0. The summed E-state index contributed by atoms with van der Waals surface area (Å²) in [5, 5.41) is 23.9. The summed E-state index contributed by atoms with van der Waals surface area (Å²) < 4.78 is 16.8. The van der Waals surface area contributed by atoms with E-state index in [0.717, 1.165) is 5.52 Å². The van der Waals surface area contributed by atoms with E-state index in [1.165, 1.54) is 0 Å². The van der Waals surface area contributed by atoms with E-state index < -0.39 is 6.10 Å². The molecule has 8 nitrogen and oxygen atoms in total. The highest BCUT2D eigenvalue weighted by molar-refractivity contribution is 5.85. The van der Waals surface area contributed by atoms with Crippen molar-refractivity contribution in [3.05, 3.63) is 42.5 Å². The van der Waals surface area contributed by atoms with Crippen molar-refractivity contribution >= 4 is 23.4 Å². The number of nitrogens with one attached hydrogen (secondary N) is 2. The molecule has 0 fully saturated rings. The average Bonchev–Trinajstić information content (AvgIpc) is 3.16. The molecule has 152 valence electrons. The fourth-order valence-corrected chi connectivity index (χ4v) is 2.63. The third kappa shape index (κ3) is 5.72. The molecule has 0 bridgehead atoms. The van der Waals surface area contributed by atoms with Crippen molar-refractivity contribution in [1.29, 1.82) is 0 Å². The molecule has 0 saturated carbocycles. The lowest BCUT2D eigenvalue weighted by Crippen LogP contribution is -2.36. The molecule has 0 aliphatic heterocycles. The Morgan fingerprint density at radius 1 is 1.04 bits per heavy atom. The highest BCUT2D eigenvalue weighted by atomic mass is 35.5. The quantitative estimate of drug-likeness (QED) is 0.472. The maximum Gasteiger partial charge on any atom is 0.161 e. The van der Waals surface area contributed by atoms with Gasteiger partial charge in [-0.2, -0.15) is 15.4 Å². The van der Waals surface area contributed by atoms with Gasteiger partial charge in [-0.05, 0) is 31.2 Å². The first kappa shape index (κ1) is 21.7. The lowest BCUT2D eigenvalue weighted by Gasteiger charge is -2.18. The number of benzene rings is 2. The van der Waals surface area contributed by atoms with E-state index in [9.17, 15) is 5.11 Å². The summed E-state index contributed by atoms with van der Waals surface area (Å²) in [5.41, 5.74) is 1.37. The minimum absolute atomic E-state index is 0. The van der Waals surface area contributed by atoms with Crippen molar-refractivity contribution in [1.82, 2.24) is 20.7 Å². The highest BCUT2D eigenvalue weighted by Gasteiger charge is 2.11. The van der Waals surface area contributed by atoms with E-state index in [1.54, 1.807) is 13.2 Å². The Morgan fingerprint density at radius 3 is 2.57 bits per heavy atom. The van der Waals surface area contributed by atoms with Crippen LogP contribution in [0, 0.1) is 0 Å². The first-order valence-corrected chi connectivity index (χ1v) is 8.78. The number of aliphatic hydroxyl groups is 1. The molecule has 3 N–H and O–H groups in total. The van der Waals surface area contributed by atoms with Gasteiger partial charge in [-0.25, -0.2) is 0 Å². The number of halogens is 1. The zero-order valence-electron chi connectivity index (χ0n) is 15.8. The third-order valence-electron chi connectivity index (χ3n) is 3.95. The summed E-state index contributed by atoms with van der Waals surface area (Å²) in [4.78, 5) is 0. The minimum Gasteiger partial charge on any atom is -0.493 e. The normalized spacial score (nSPS) is 12.8. The molecule has 0 radical (unpaired) electrons. The SMILES string of the molecule is COc1ccccc1OC(C)CNCC(O)COc1cccc2n[nH]nc12.Cl. The topological polar surface area (TPSA) is 102 Å². The molecule has 0 saturated heterocycles. The number of ether oxygens (including phenoxy) is 3. The van der Waals surface area contributed by atoms with Gasteiger partial charge in [0.1, 0.15) is 30.1 Å². The molecule has 0 spiro atoms. The fraction of sp³-hybridized carbons (Fsp3) is 0.368. The van der Waals surface area contributed by atoms with Gasteiger partial charge in [0.05, 0.1) is 7.11 Å². The second-order valence-corrected chi connectivity index (χ2v) is 6.15. The zero-order chi connectivity index (χ0) is 19.1. The monoisotopic (exact) mass is 408 g/mol. The van der Waals surface area contributed by atoms with Crippen LogP contribution in [0.3, 0.4) is 0 Å². The Hall–Kier alpha value is -2.55. The maximum absolute atomic E-state index is 10.1. The van der Waals surface area contributed by atoms with E-state index in [2.05, 4.69) is 20.7 Å². The molecule has 1 aromatic heterocycles. The number of fused-ring (bicyclic) bond motifs is 1. The van der Waals surface area contributed by atoms with Gasteiger partial charge in [-0.15, -0.1) is 12.4 Å². The van der Waals surface area contributed by atoms with Gasteiger partial charge in [-0.3, -0.25) is 0 Å². The number of aromatic nitrogens is 3. The van der Waals surface area contributed by atoms with Crippen molar-refractivity contribution in [2.45, 2.75) is 19.1 Å². The third-order valence-corrected chi connectivity index (χ3v) is 3.95. The molecule has 3 aromatic rings. The van der Waals surface area contributed by atoms with Crippen molar-refractivity contribution in [2.24, 2.45) is 0 Å². The molecule has 0 amide bonds. The number of aromatic amines is 1. The van der Waals surface area contributed by atoms with Crippen LogP contribution in [0.4, 0.5) is 0 Å². The van der Waals surface area contributed by atoms with Gasteiger partial charge in [0, 0.05) is 13.1 Å². The molecule has 2 atom stereocenters. The van der Waals surface area contributed by atoms with Gasteiger partial charge in [-0.1, -0.05) is 18.2 Å². The number of methoxy groups -OCH3 is 1. The second-order valence-electron chi connectivity index (χ2n) is 6.15. The van der Waals surface area contributed by atoms with Crippen LogP contribution in [-0.2, 0) is 0 Å². The van der Waals surface area contributed by atoms with Gasteiger partial charge in [0.25, 0.3) is 0 Å². The minimum atomic E-state index is -0.661. The number of para-hydroxylation sites is 3. The summed E-state index contributed by atoms with van der Waals surface area (Å²) in [5.74, 6) is 1.98. The summed E-state index contributed by atoms with van der Waals surface area (Å²) in [6.45, 7) is 3.07. The number of hydrogen-bond acceptors (Lipinski definition) is 7. The van der Waals surface area contributed by atoms with Crippen molar-refractivity contribution < 1.29 is 19.3 Å². The second kappa shape index (κ2) is 10.7. The Balaban J connectivity index is 0.00000280. The lowest BCUT2D eigenvalue weighted by molar-refractivity contribution is 0.103. The Bertz CT molecular complexity index is 861. The van der Waals surface area contributed by atoms with Gasteiger partial charge >= 0.3 is 0 Å². The standard InChI is InChI=1S/C19H24N4O4.ClH/c1-13(27-17-8-4-3-7-16(17)25-2)10-20-11-14(24)12-26-18-9-5-6-15-19(18)22-23-21-15;/h3-9,13-14,20,24H,10-12H2,1-2H3,(H,21,22,23);1H. The first-order valence-electron chi connectivity index (χ1n) is 8.78. The van der Waals surface area contributed by atoms with E-state index in [-0.39, 0.29) is 25.1 Å². The molecule has 0 aliphatic rings. The number of H-pyrrole nitrogens is 1. The highest BCUT2D eigenvalue weighted by Crippen LogP contribution is 2.26. The molecule has 9 heteroatoms. The largest absolute Gasteiger partial charge is 0.493 e. The molecule has 28 heavy (non-hydrogen) atoms. The Labute approximate surface area is 169 Å². The van der Waals surface area contributed by atoms with Crippen LogP contribution < -0.4 is 19.5 Å². The van der Waals surface area contributed by atoms with E-state index in [4.69, 9.17) is 14.2 Å². The summed E-state index contributed by atoms with van der Waals surface area (Å²) >= 11 is 0. The molecule has 1 heterocycles. The van der Waals surface area contributed by atoms with E-state index in [1.807, 2.05) is 43.3 Å². The molecular formula is C19H25ClN4O4. The molecule has 3 rings (SSSR count). The van der Waals surface area contributed by atoms with Crippen LogP contribution in [0.1, 0.15) is 6.92 Å². The van der Waals surface area contributed by atoms with Gasteiger partial charge in [0.15, 0.2) is 17.0 Å². The van der Waals surface area contributed by atoms with Crippen molar-refractivity contribution in [2.75, 3.05) is 26.8 Å². The number of rotatable bonds is 10. The number of aliphatic hydroxyl groups excluding tert-OH is 1. The Morgan fingerprint density at radius 2 is 1.79 bits per heavy atom. The van der Waals surface area contributed by atoms with Crippen molar-refractivity contribution in [3.63, 3.8) is 0 Å². The Kier molecular flexibility index (Phi) is 8.31. The van der Waals surface area contributed by atoms with Crippen LogP contribution >= 0.6 is 12.4 Å². The average molecular weight is 409 g/mol. The van der Waals surface area contributed by atoms with Crippen LogP contribution in [0.5, 0.6) is 17.2 Å². The summed E-state index contributed by atoms with van der Waals surface area (Å²) in [7, 11) is 1.61. The van der Waals surface area contributed by atoms with E-state index in [0.29, 0.717) is 35.9 Å². The molecule has 0 aliphatic carbocycles. The van der Waals surface area contributed by atoms with Crippen LogP contribution in [-0.4, -0.2) is 59.5 Å². The number of hydrogen-bond donors (Lipinski definition) is 3. The van der Waals surface area contributed by atoms with E-state index >= 15 is 0 Å². The van der Waals surface area contributed by atoms with Crippen LogP contribution in [0.2, 0.25) is 0 Å². The predicted octanol–water partition coefficient (Wildman–Crippen LogP) is 2.19. The molecular weight excluding hydrogens is 384 g/mol.